The van der Waals surface area contributed by atoms with Crippen molar-refractivity contribution in [3.8, 4) is 5.75 Å². The van der Waals surface area contributed by atoms with Gasteiger partial charge in [-0.15, -0.1) is 0 Å². The van der Waals surface area contributed by atoms with E-state index in [1.54, 1.807) is 24.3 Å². The number of carbonyl (C=O) groups is 1. The second-order valence-corrected chi connectivity index (χ2v) is 9.44. The Kier molecular flexibility index (Phi) is 6.89. The van der Waals surface area contributed by atoms with Gasteiger partial charge in [0.15, 0.2) is 10.1 Å². The predicted molar refractivity (Wildman–Crippen MR) is 134 cm³/mol. The van der Waals surface area contributed by atoms with Crippen molar-refractivity contribution in [2.24, 2.45) is 0 Å². The van der Waals surface area contributed by atoms with E-state index in [1.165, 1.54) is 16.7 Å². The molecule has 1 aliphatic heterocycles. The molecule has 8 heteroatoms. The van der Waals surface area contributed by atoms with E-state index in [9.17, 15) is 4.79 Å². The third-order valence-corrected chi connectivity index (χ3v) is 6.69. The van der Waals surface area contributed by atoms with Crippen LogP contribution in [0.1, 0.15) is 11.1 Å². The zero-order chi connectivity index (χ0) is 22.0. The molecule has 31 heavy (non-hydrogen) atoms. The van der Waals surface area contributed by atoms with Crippen LogP contribution in [0.5, 0.6) is 5.75 Å². The summed E-state index contributed by atoms with van der Waals surface area (Å²) in [5, 5.41) is 1.28. The maximum absolute atomic E-state index is 12.9. The SMILES string of the molecule is O=C1/C(=C\c2cc(Cl)c(OCc3ccccc3Cl)c(Cl)c2)SC(=S)N1c1ccccc1. The van der Waals surface area contributed by atoms with Crippen LogP contribution in [0.2, 0.25) is 15.1 Å². The molecule has 0 aliphatic carbocycles. The van der Waals surface area contributed by atoms with Gasteiger partial charge >= 0.3 is 0 Å². The molecule has 1 fully saturated rings. The molecular weight excluding hydrogens is 493 g/mol. The number of hydrogen-bond donors (Lipinski definition) is 0. The van der Waals surface area contributed by atoms with Crippen LogP contribution in [0.4, 0.5) is 5.69 Å². The minimum atomic E-state index is -0.188. The first-order valence-corrected chi connectivity index (χ1v) is 11.5. The van der Waals surface area contributed by atoms with E-state index >= 15 is 0 Å². The van der Waals surface area contributed by atoms with Crippen LogP contribution in [0, 0.1) is 0 Å². The molecule has 0 bridgehead atoms. The predicted octanol–water partition coefficient (Wildman–Crippen LogP) is 7.63. The van der Waals surface area contributed by atoms with Crippen molar-refractivity contribution < 1.29 is 9.53 Å². The third-order valence-electron chi connectivity index (χ3n) is 4.46. The smallest absolute Gasteiger partial charge is 0.270 e. The molecule has 0 radical (unpaired) electrons. The molecule has 3 aromatic rings. The molecule has 1 aliphatic rings. The lowest BCUT2D eigenvalue weighted by Crippen LogP contribution is -2.27. The number of thiocarbonyl (C=S) groups is 1. The summed E-state index contributed by atoms with van der Waals surface area (Å²) in [6.07, 6.45) is 1.72. The van der Waals surface area contributed by atoms with Gasteiger partial charge in [-0.1, -0.05) is 95.2 Å². The number of nitrogens with zero attached hydrogens (tertiary/aromatic N) is 1. The first-order valence-electron chi connectivity index (χ1n) is 9.12. The van der Waals surface area contributed by atoms with E-state index in [-0.39, 0.29) is 12.5 Å². The lowest BCUT2D eigenvalue weighted by molar-refractivity contribution is -0.113. The van der Waals surface area contributed by atoms with Gasteiger partial charge in [-0.3, -0.25) is 9.69 Å². The number of ether oxygens (including phenoxy) is 1. The monoisotopic (exact) mass is 505 g/mol. The average molecular weight is 507 g/mol. The number of benzene rings is 3. The summed E-state index contributed by atoms with van der Waals surface area (Å²) in [7, 11) is 0. The fraction of sp³-hybridized carbons (Fsp3) is 0.0435. The summed E-state index contributed by atoms with van der Waals surface area (Å²) in [5.74, 6) is 0.171. The van der Waals surface area contributed by atoms with Crippen molar-refractivity contribution in [3.63, 3.8) is 0 Å². The number of amides is 1. The number of thioether (sulfide) groups is 1. The molecule has 0 unspecified atom stereocenters. The van der Waals surface area contributed by atoms with Crippen molar-refractivity contribution in [2.45, 2.75) is 6.61 Å². The zero-order valence-electron chi connectivity index (χ0n) is 15.8. The van der Waals surface area contributed by atoms with E-state index in [1.807, 2.05) is 48.5 Å². The highest BCUT2D eigenvalue weighted by Gasteiger charge is 2.33. The van der Waals surface area contributed by atoms with Gasteiger partial charge in [0.25, 0.3) is 5.91 Å². The number of para-hydroxylation sites is 1. The van der Waals surface area contributed by atoms with Gasteiger partial charge in [-0.2, -0.15) is 0 Å². The van der Waals surface area contributed by atoms with E-state index in [0.29, 0.717) is 35.6 Å². The van der Waals surface area contributed by atoms with Crippen molar-refractivity contribution >= 4 is 80.8 Å². The van der Waals surface area contributed by atoms with Crippen molar-refractivity contribution in [1.29, 1.82) is 0 Å². The van der Waals surface area contributed by atoms with Gasteiger partial charge in [0.05, 0.1) is 20.6 Å². The average Bonchev–Trinajstić information content (AvgIpc) is 3.02. The lowest BCUT2D eigenvalue weighted by atomic mass is 10.2. The molecule has 3 aromatic carbocycles. The molecule has 4 rings (SSSR count). The quantitative estimate of drug-likeness (QED) is 0.263. The molecular formula is C23H14Cl3NO2S2. The largest absolute Gasteiger partial charge is 0.486 e. The Morgan fingerprint density at radius 3 is 2.26 bits per heavy atom. The van der Waals surface area contributed by atoms with Crippen molar-refractivity contribution in [3.05, 3.63) is 97.8 Å². The number of carbonyl (C=O) groups excluding carboxylic acids is 1. The van der Waals surface area contributed by atoms with Crippen LogP contribution in [0.3, 0.4) is 0 Å². The standard InChI is InChI=1S/C23H14Cl3NO2S2/c24-17-9-5-4-6-15(17)13-29-21-18(25)10-14(11-19(21)26)12-20-22(28)27(23(30)31-20)16-7-2-1-3-8-16/h1-12H,13H2/b20-12+. The minimum Gasteiger partial charge on any atom is -0.486 e. The lowest BCUT2D eigenvalue weighted by Gasteiger charge is -2.14. The fourth-order valence-corrected chi connectivity index (χ4v) is 5.09. The topological polar surface area (TPSA) is 29.5 Å². The Balaban J connectivity index is 1.56. The Morgan fingerprint density at radius 2 is 1.58 bits per heavy atom. The van der Waals surface area contributed by atoms with Gasteiger partial charge in [0.1, 0.15) is 6.61 Å². The van der Waals surface area contributed by atoms with Gasteiger partial charge in [0.2, 0.25) is 0 Å². The summed E-state index contributed by atoms with van der Waals surface area (Å²) in [4.78, 5) is 14.9. The highest BCUT2D eigenvalue weighted by Crippen LogP contribution is 2.39. The number of anilines is 1. The van der Waals surface area contributed by atoms with Gasteiger partial charge in [-0.05, 0) is 42.0 Å². The molecule has 156 valence electrons. The molecule has 0 aromatic heterocycles. The molecule has 3 nitrogen and oxygen atoms in total. The minimum absolute atomic E-state index is 0.188. The van der Waals surface area contributed by atoms with Crippen molar-refractivity contribution in [1.82, 2.24) is 0 Å². The second kappa shape index (κ2) is 9.63. The first-order chi connectivity index (χ1) is 14.9. The Bertz CT molecular complexity index is 1180. The van der Waals surface area contributed by atoms with Crippen molar-refractivity contribution in [2.75, 3.05) is 4.90 Å². The van der Waals surface area contributed by atoms with Crippen LogP contribution < -0.4 is 9.64 Å². The van der Waals surface area contributed by atoms with Gasteiger partial charge in [0, 0.05) is 10.6 Å². The summed E-state index contributed by atoms with van der Waals surface area (Å²) < 4.78 is 6.27. The molecule has 1 heterocycles. The van der Waals surface area contributed by atoms with E-state index in [0.717, 1.165) is 11.3 Å². The Hall–Kier alpha value is -2.02. The number of hydrogen-bond acceptors (Lipinski definition) is 4. The van der Waals surface area contributed by atoms with E-state index < -0.39 is 0 Å². The van der Waals surface area contributed by atoms with Crippen LogP contribution in [0.15, 0.2) is 71.6 Å². The maximum atomic E-state index is 12.9. The molecule has 1 amide bonds. The highest BCUT2D eigenvalue weighted by atomic mass is 35.5. The van der Waals surface area contributed by atoms with E-state index in [4.69, 9.17) is 51.8 Å². The van der Waals surface area contributed by atoms with E-state index in [2.05, 4.69) is 0 Å². The van der Waals surface area contributed by atoms with Crippen LogP contribution >= 0.6 is 58.8 Å². The molecule has 0 N–H and O–H groups in total. The third kappa shape index (κ3) is 4.92. The second-order valence-electron chi connectivity index (χ2n) is 6.55. The highest BCUT2D eigenvalue weighted by molar-refractivity contribution is 8.27. The Morgan fingerprint density at radius 1 is 0.935 bits per heavy atom. The summed E-state index contributed by atoms with van der Waals surface area (Å²) in [6.45, 7) is 0.230. The molecule has 0 saturated carbocycles. The van der Waals surface area contributed by atoms with Crippen LogP contribution in [-0.2, 0) is 11.4 Å². The Labute approximate surface area is 204 Å². The van der Waals surface area contributed by atoms with Crippen LogP contribution in [-0.4, -0.2) is 10.2 Å². The van der Waals surface area contributed by atoms with Gasteiger partial charge < -0.3 is 4.74 Å². The molecule has 0 atom stereocenters. The maximum Gasteiger partial charge on any atom is 0.270 e. The normalized spacial score (nSPS) is 15.1. The molecule has 1 saturated heterocycles. The first kappa shape index (κ1) is 22.2. The molecule has 0 spiro atoms. The zero-order valence-corrected chi connectivity index (χ0v) is 19.8. The number of halogens is 3. The summed E-state index contributed by atoms with van der Waals surface area (Å²) >= 11 is 25.6. The summed E-state index contributed by atoms with van der Waals surface area (Å²) in [5.41, 5.74) is 2.23. The fourth-order valence-electron chi connectivity index (χ4n) is 2.98. The van der Waals surface area contributed by atoms with Gasteiger partial charge in [-0.25, -0.2) is 0 Å². The number of rotatable bonds is 5. The van der Waals surface area contributed by atoms with Crippen LogP contribution in [0.25, 0.3) is 6.08 Å². The summed E-state index contributed by atoms with van der Waals surface area (Å²) in [6, 6.07) is 20.1.